The average Bonchev–Trinajstić information content (AvgIpc) is 3.56. The van der Waals surface area contributed by atoms with Crippen molar-refractivity contribution in [1.29, 1.82) is 0 Å². The Labute approximate surface area is 299 Å². The highest BCUT2D eigenvalue weighted by molar-refractivity contribution is 9.10. The van der Waals surface area contributed by atoms with Crippen molar-refractivity contribution in [2.75, 3.05) is 0 Å². The van der Waals surface area contributed by atoms with Gasteiger partial charge in [0.25, 0.3) is 0 Å². The smallest absolute Gasteiger partial charge is 0.0578 e. The summed E-state index contributed by atoms with van der Waals surface area (Å²) in [5, 5.41) is 5.09. The molecular weight excluding hydrogens is 716 g/mol. The molecule has 0 radical (unpaired) electrons. The second-order valence-corrected chi connectivity index (χ2v) is 16.8. The summed E-state index contributed by atoms with van der Waals surface area (Å²) >= 11 is 7.44. The van der Waals surface area contributed by atoms with Gasteiger partial charge in [0, 0.05) is 41.9 Å². The lowest BCUT2D eigenvalue weighted by molar-refractivity contribution is 0.593. The van der Waals surface area contributed by atoms with E-state index in [1.165, 1.54) is 77.2 Å². The lowest BCUT2D eigenvalue weighted by Crippen LogP contribution is -2.13. The molecule has 8 rings (SSSR count). The van der Waals surface area contributed by atoms with E-state index in [4.69, 9.17) is 0 Å². The number of nitrogens with zero attached hydrogens (tertiary/aromatic N) is 2. The van der Waals surface area contributed by atoms with Crippen molar-refractivity contribution in [1.82, 2.24) is 9.13 Å². The van der Waals surface area contributed by atoms with Gasteiger partial charge in [-0.05, 0) is 93.7 Å². The molecule has 0 bridgehead atoms. The van der Waals surface area contributed by atoms with Crippen molar-refractivity contribution in [3.8, 4) is 22.5 Å². The molecule has 0 spiro atoms. The Bertz CT molecular complexity index is 2340. The van der Waals surface area contributed by atoms with E-state index in [2.05, 4.69) is 204 Å². The first-order valence-corrected chi connectivity index (χ1v) is 18.2. The molecule has 8 aromatic rings. The summed E-state index contributed by atoms with van der Waals surface area (Å²) in [6.45, 7) is 13.8. The van der Waals surface area contributed by atoms with E-state index in [1.807, 2.05) is 0 Å². The van der Waals surface area contributed by atoms with Crippen LogP contribution in [0.15, 0.2) is 130 Å². The number of hydrogen-bond donors (Lipinski definition) is 0. The summed E-state index contributed by atoms with van der Waals surface area (Å²) < 4.78 is 7.07. The SMILES string of the molecule is CC(C)(C)c1cccc2c3cc(Br)ccc3n(-c3ccc(-c4ccc(-n5c6ccc(Br)cc6c6cccc(C(C)(C)C)c65)cc4)cc3)c12. The Morgan fingerprint density at radius 3 is 1.15 bits per heavy atom. The maximum absolute atomic E-state index is 3.72. The molecular formula is C44H38Br2N2. The van der Waals surface area contributed by atoms with Gasteiger partial charge in [-0.15, -0.1) is 0 Å². The predicted molar refractivity (Wildman–Crippen MR) is 213 cm³/mol. The highest BCUT2D eigenvalue weighted by Gasteiger charge is 2.24. The molecule has 48 heavy (non-hydrogen) atoms. The zero-order valence-corrected chi connectivity index (χ0v) is 31.4. The first-order valence-electron chi connectivity index (χ1n) is 16.6. The number of para-hydroxylation sites is 2. The number of halogens is 2. The van der Waals surface area contributed by atoms with Crippen LogP contribution in [0.2, 0.25) is 0 Å². The summed E-state index contributed by atoms with van der Waals surface area (Å²) in [6.07, 6.45) is 0. The minimum atomic E-state index is 0.00503. The quantitative estimate of drug-likeness (QED) is 0.170. The van der Waals surface area contributed by atoms with Crippen molar-refractivity contribution < 1.29 is 0 Å². The third kappa shape index (κ3) is 5.04. The molecule has 2 heterocycles. The Morgan fingerprint density at radius 1 is 0.417 bits per heavy atom. The topological polar surface area (TPSA) is 9.86 Å². The zero-order valence-electron chi connectivity index (χ0n) is 28.2. The van der Waals surface area contributed by atoms with Gasteiger partial charge in [-0.1, -0.05) is 134 Å². The van der Waals surface area contributed by atoms with Crippen LogP contribution in [0.4, 0.5) is 0 Å². The number of aromatic nitrogens is 2. The van der Waals surface area contributed by atoms with Crippen molar-refractivity contribution in [3.05, 3.63) is 141 Å². The summed E-state index contributed by atoms with van der Waals surface area (Å²) in [7, 11) is 0. The standard InChI is InChI=1S/C44H38Br2N2/c1-43(2,3)37-11-7-9-33-35-25-29(45)17-23-39(35)47(41(33)37)31-19-13-27(14-20-31)28-15-21-32(22-16-28)48-40-24-18-30(46)26-36(40)34-10-8-12-38(42(34)48)44(4,5)6/h7-26H,1-6H3. The van der Waals surface area contributed by atoms with E-state index < -0.39 is 0 Å². The van der Waals surface area contributed by atoms with Crippen LogP contribution in [0.1, 0.15) is 52.7 Å². The third-order valence-electron chi connectivity index (χ3n) is 9.70. The Morgan fingerprint density at radius 2 is 0.792 bits per heavy atom. The van der Waals surface area contributed by atoms with Crippen LogP contribution in [0.5, 0.6) is 0 Å². The maximum atomic E-state index is 3.72. The Balaban J connectivity index is 1.24. The molecule has 0 aliphatic rings. The Kier molecular flexibility index (Phi) is 7.28. The molecule has 0 amide bonds. The number of benzene rings is 6. The highest BCUT2D eigenvalue weighted by atomic mass is 79.9. The lowest BCUT2D eigenvalue weighted by atomic mass is 9.85. The molecule has 0 saturated carbocycles. The number of hydrogen-bond acceptors (Lipinski definition) is 0. The molecule has 238 valence electrons. The van der Waals surface area contributed by atoms with Crippen molar-refractivity contribution in [2.24, 2.45) is 0 Å². The van der Waals surface area contributed by atoms with Crippen molar-refractivity contribution in [2.45, 2.75) is 52.4 Å². The lowest BCUT2D eigenvalue weighted by Gasteiger charge is -2.22. The first kappa shape index (κ1) is 31.2. The summed E-state index contributed by atoms with van der Waals surface area (Å²) in [6, 6.07) is 44.8. The van der Waals surface area contributed by atoms with Gasteiger partial charge in [0.15, 0.2) is 0 Å². The second kappa shape index (κ2) is 11.2. The van der Waals surface area contributed by atoms with E-state index >= 15 is 0 Å². The van der Waals surface area contributed by atoms with Gasteiger partial charge in [-0.3, -0.25) is 0 Å². The van der Waals surface area contributed by atoms with E-state index in [9.17, 15) is 0 Å². The number of rotatable bonds is 3. The molecule has 2 aromatic heterocycles. The third-order valence-corrected chi connectivity index (χ3v) is 10.7. The van der Waals surface area contributed by atoms with E-state index in [0.717, 1.165) is 8.95 Å². The van der Waals surface area contributed by atoms with Gasteiger partial charge >= 0.3 is 0 Å². The van der Waals surface area contributed by atoms with Gasteiger partial charge in [0.05, 0.1) is 22.1 Å². The van der Waals surface area contributed by atoms with Gasteiger partial charge in [0.2, 0.25) is 0 Å². The van der Waals surface area contributed by atoms with E-state index in [0.29, 0.717) is 0 Å². The fourth-order valence-electron chi connectivity index (χ4n) is 7.44. The van der Waals surface area contributed by atoms with Gasteiger partial charge < -0.3 is 9.13 Å². The molecule has 0 N–H and O–H groups in total. The molecule has 0 unspecified atom stereocenters. The largest absolute Gasteiger partial charge is 0.309 e. The minimum absolute atomic E-state index is 0.00503. The summed E-state index contributed by atoms with van der Waals surface area (Å²) in [5.41, 5.74) is 12.4. The molecule has 4 heteroatoms. The summed E-state index contributed by atoms with van der Waals surface area (Å²) in [4.78, 5) is 0. The van der Waals surface area contributed by atoms with E-state index in [-0.39, 0.29) is 10.8 Å². The molecule has 0 aliphatic carbocycles. The van der Waals surface area contributed by atoms with Crippen LogP contribution in [-0.4, -0.2) is 9.13 Å². The van der Waals surface area contributed by atoms with Crippen LogP contribution < -0.4 is 0 Å². The molecule has 0 saturated heterocycles. The molecule has 0 fully saturated rings. The second-order valence-electron chi connectivity index (χ2n) is 15.0. The minimum Gasteiger partial charge on any atom is -0.309 e. The van der Waals surface area contributed by atoms with Crippen LogP contribution in [-0.2, 0) is 10.8 Å². The highest BCUT2D eigenvalue weighted by Crippen LogP contribution is 2.41. The molecule has 0 atom stereocenters. The van der Waals surface area contributed by atoms with Crippen LogP contribution >= 0.6 is 31.9 Å². The normalized spacial score (nSPS) is 12.6. The summed E-state index contributed by atoms with van der Waals surface area (Å²) in [5.74, 6) is 0. The Hall–Kier alpha value is -4.12. The molecule has 2 nitrogen and oxygen atoms in total. The zero-order chi connectivity index (χ0) is 33.5. The number of fused-ring (bicyclic) bond motifs is 6. The van der Waals surface area contributed by atoms with Crippen molar-refractivity contribution >= 4 is 75.5 Å². The van der Waals surface area contributed by atoms with Crippen LogP contribution in [0, 0.1) is 0 Å². The average molecular weight is 755 g/mol. The first-order chi connectivity index (χ1) is 22.9. The molecule has 6 aromatic carbocycles. The van der Waals surface area contributed by atoms with Crippen molar-refractivity contribution in [3.63, 3.8) is 0 Å². The van der Waals surface area contributed by atoms with Gasteiger partial charge in [-0.25, -0.2) is 0 Å². The van der Waals surface area contributed by atoms with Crippen LogP contribution in [0.25, 0.3) is 66.1 Å². The fraction of sp³-hybridized carbons (Fsp3) is 0.182. The maximum Gasteiger partial charge on any atom is 0.0578 e. The predicted octanol–water partition coefficient (Wildman–Crippen LogP) is 13.7. The fourth-order valence-corrected chi connectivity index (χ4v) is 8.16. The van der Waals surface area contributed by atoms with Gasteiger partial charge in [0.1, 0.15) is 0 Å². The van der Waals surface area contributed by atoms with Gasteiger partial charge in [-0.2, -0.15) is 0 Å². The van der Waals surface area contributed by atoms with E-state index in [1.54, 1.807) is 0 Å². The monoisotopic (exact) mass is 752 g/mol. The molecule has 0 aliphatic heterocycles. The van der Waals surface area contributed by atoms with Crippen LogP contribution in [0.3, 0.4) is 0 Å².